The number of amides is 1. The van der Waals surface area contributed by atoms with E-state index in [0.717, 1.165) is 0 Å². The Balaban J connectivity index is 2.70. The van der Waals surface area contributed by atoms with Gasteiger partial charge in [-0.1, -0.05) is 0 Å². The molecule has 0 bridgehead atoms. The lowest BCUT2D eigenvalue weighted by molar-refractivity contribution is 0.0160. The van der Waals surface area contributed by atoms with Crippen LogP contribution in [0, 0.1) is 0 Å². The van der Waals surface area contributed by atoms with Gasteiger partial charge in [-0.2, -0.15) is 8.42 Å². The Bertz CT molecular complexity index is 437. The molecule has 1 fully saturated rings. The summed E-state index contributed by atoms with van der Waals surface area (Å²) in [6.45, 7) is 5.98. The van der Waals surface area contributed by atoms with Crippen LogP contribution in [0.1, 0.15) is 40.0 Å². The number of rotatable bonds is 4. The molecule has 0 aromatic carbocycles. The topological polar surface area (TPSA) is 81.7 Å². The van der Waals surface area contributed by atoms with Gasteiger partial charge in [0.05, 0.1) is 5.75 Å². The third-order valence-corrected chi connectivity index (χ3v) is 3.73. The third-order valence-electron chi connectivity index (χ3n) is 3.04. The Morgan fingerprint density at radius 2 is 1.90 bits per heavy atom. The van der Waals surface area contributed by atoms with E-state index in [4.69, 9.17) is 9.47 Å². The minimum Gasteiger partial charge on any atom is -0.444 e. The minimum atomic E-state index is -4.57. The monoisotopic (exact) mass is 311 g/mol. The molecule has 20 heavy (non-hydrogen) atoms. The SMILES string of the molecule is CC(C)(C)OC(=O)NC1(CCS(=O)(=O)F)CCOCC1. The molecule has 0 aromatic rings. The zero-order valence-electron chi connectivity index (χ0n) is 12.1. The van der Waals surface area contributed by atoms with Gasteiger partial charge in [0.15, 0.2) is 0 Å². The normalized spacial score (nSPS) is 19.4. The van der Waals surface area contributed by atoms with Crippen LogP contribution in [0.25, 0.3) is 0 Å². The maximum Gasteiger partial charge on any atom is 0.408 e. The predicted molar refractivity (Wildman–Crippen MR) is 71.7 cm³/mol. The first-order valence-corrected chi connectivity index (χ1v) is 8.08. The summed E-state index contributed by atoms with van der Waals surface area (Å²) in [7, 11) is -4.57. The second-order valence-corrected chi connectivity index (χ2v) is 7.50. The van der Waals surface area contributed by atoms with Crippen molar-refractivity contribution in [1.82, 2.24) is 5.32 Å². The fourth-order valence-electron chi connectivity index (χ4n) is 2.04. The first kappa shape index (κ1) is 17.2. The Kier molecular flexibility index (Phi) is 5.37. The van der Waals surface area contributed by atoms with Crippen LogP contribution in [0.4, 0.5) is 8.68 Å². The van der Waals surface area contributed by atoms with Crippen molar-refractivity contribution in [2.24, 2.45) is 0 Å². The summed E-state index contributed by atoms with van der Waals surface area (Å²) in [6, 6.07) is 0. The highest BCUT2D eigenvalue weighted by Gasteiger charge is 2.36. The van der Waals surface area contributed by atoms with Crippen molar-refractivity contribution < 1.29 is 26.6 Å². The van der Waals surface area contributed by atoms with E-state index < -0.39 is 33.2 Å². The molecule has 1 aliphatic heterocycles. The molecule has 0 unspecified atom stereocenters. The van der Waals surface area contributed by atoms with Gasteiger partial charge in [0.1, 0.15) is 5.60 Å². The van der Waals surface area contributed by atoms with Crippen LogP contribution in [0.2, 0.25) is 0 Å². The quantitative estimate of drug-likeness (QED) is 0.800. The molecule has 1 heterocycles. The number of halogens is 1. The second-order valence-electron chi connectivity index (χ2n) is 6.01. The lowest BCUT2D eigenvalue weighted by Crippen LogP contribution is -2.53. The molecule has 0 spiro atoms. The van der Waals surface area contributed by atoms with E-state index in [0.29, 0.717) is 26.1 Å². The molecule has 0 saturated carbocycles. The highest BCUT2D eigenvalue weighted by Crippen LogP contribution is 2.26. The zero-order chi connectivity index (χ0) is 15.4. The number of nitrogens with one attached hydrogen (secondary N) is 1. The molecular weight excluding hydrogens is 289 g/mol. The van der Waals surface area contributed by atoms with Crippen molar-refractivity contribution in [2.45, 2.75) is 51.2 Å². The van der Waals surface area contributed by atoms with Crippen molar-refractivity contribution in [3.05, 3.63) is 0 Å². The van der Waals surface area contributed by atoms with Crippen molar-refractivity contribution in [1.29, 1.82) is 0 Å². The van der Waals surface area contributed by atoms with Crippen LogP contribution >= 0.6 is 0 Å². The molecule has 118 valence electrons. The van der Waals surface area contributed by atoms with Crippen LogP contribution < -0.4 is 5.32 Å². The molecule has 8 heteroatoms. The molecule has 1 saturated heterocycles. The van der Waals surface area contributed by atoms with Crippen molar-refractivity contribution >= 4 is 16.3 Å². The fourth-order valence-corrected chi connectivity index (χ4v) is 2.67. The fraction of sp³-hybridized carbons (Fsp3) is 0.917. The van der Waals surface area contributed by atoms with E-state index in [-0.39, 0.29) is 6.42 Å². The molecule has 1 N–H and O–H groups in total. The van der Waals surface area contributed by atoms with E-state index in [1.165, 1.54) is 0 Å². The summed E-state index contributed by atoms with van der Waals surface area (Å²) >= 11 is 0. The van der Waals surface area contributed by atoms with Crippen molar-refractivity contribution in [3.8, 4) is 0 Å². The highest BCUT2D eigenvalue weighted by molar-refractivity contribution is 7.86. The minimum absolute atomic E-state index is 0.00837. The van der Waals surface area contributed by atoms with Crippen molar-refractivity contribution in [2.75, 3.05) is 19.0 Å². The summed E-state index contributed by atoms with van der Waals surface area (Å²) < 4.78 is 44.5. The van der Waals surface area contributed by atoms with E-state index in [1.807, 2.05) is 0 Å². The highest BCUT2D eigenvalue weighted by atomic mass is 32.3. The van der Waals surface area contributed by atoms with E-state index in [1.54, 1.807) is 20.8 Å². The zero-order valence-corrected chi connectivity index (χ0v) is 12.9. The van der Waals surface area contributed by atoms with Crippen LogP contribution in [0.5, 0.6) is 0 Å². The van der Waals surface area contributed by atoms with Gasteiger partial charge in [-0.05, 0) is 40.0 Å². The van der Waals surface area contributed by atoms with Gasteiger partial charge >= 0.3 is 16.3 Å². The first-order chi connectivity index (χ1) is 9.02. The molecule has 0 atom stereocenters. The average Bonchev–Trinajstić information content (AvgIpc) is 2.24. The number of carbonyl (C=O) groups is 1. The second kappa shape index (κ2) is 6.26. The van der Waals surface area contributed by atoms with E-state index >= 15 is 0 Å². The number of hydrogen-bond donors (Lipinski definition) is 1. The largest absolute Gasteiger partial charge is 0.444 e. The molecular formula is C12H22FNO5S. The molecule has 0 aliphatic carbocycles. The smallest absolute Gasteiger partial charge is 0.408 e. The summed E-state index contributed by atoms with van der Waals surface area (Å²) in [5.41, 5.74) is -1.44. The third kappa shape index (κ3) is 6.51. The van der Waals surface area contributed by atoms with Gasteiger partial charge < -0.3 is 14.8 Å². The average molecular weight is 311 g/mol. The number of alkyl carbamates (subject to hydrolysis) is 1. The molecule has 1 amide bonds. The predicted octanol–water partition coefficient (Wildman–Crippen LogP) is 1.75. The first-order valence-electron chi connectivity index (χ1n) is 6.53. The summed E-state index contributed by atoms with van der Waals surface area (Å²) in [6.07, 6.45) is 0.244. The van der Waals surface area contributed by atoms with Gasteiger partial charge in [0, 0.05) is 18.8 Å². The Hall–Kier alpha value is -0.890. The van der Waals surface area contributed by atoms with Crippen LogP contribution in [0.3, 0.4) is 0 Å². The summed E-state index contributed by atoms with van der Waals surface area (Å²) in [5.74, 6) is -0.622. The Labute approximate surface area is 119 Å². The summed E-state index contributed by atoms with van der Waals surface area (Å²) in [5, 5.41) is 2.69. The summed E-state index contributed by atoms with van der Waals surface area (Å²) in [4.78, 5) is 11.8. The standard InChI is InChI=1S/C12H22FNO5S/c1-11(2,3)19-10(15)14-12(4-7-18-8-5-12)6-9-20(13,16)17/h4-9H2,1-3H3,(H,14,15). The number of hydrogen-bond acceptors (Lipinski definition) is 5. The van der Waals surface area contributed by atoms with Gasteiger partial charge in [-0.15, -0.1) is 3.89 Å². The van der Waals surface area contributed by atoms with Gasteiger partial charge in [-0.3, -0.25) is 0 Å². The van der Waals surface area contributed by atoms with E-state index in [9.17, 15) is 17.1 Å². The Morgan fingerprint density at radius 3 is 2.35 bits per heavy atom. The molecule has 1 rings (SSSR count). The number of ether oxygens (including phenoxy) is 2. The van der Waals surface area contributed by atoms with Gasteiger partial charge in [0.25, 0.3) is 0 Å². The van der Waals surface area contributed by atoms with Crippen LogP contribution in [0.15, 0.2) is 0 Å². The van der Waals surface area contributed by atoms with Gasteiger partial charge in [-0.25, -0.2) is 4.79 Å². The lowest BCUT2D eigenvalue weighted by atomic mass is 9.87. The lowest BCUT2D eigenvalue weighted by Gasteiger charge is -2.38. The maximum atomic E-state index is 12.7. The molecule has 1 aliphatic rings. The molecule has 6 nitrogen and oxygen atoms in total. The van der Waals surface area contributed by atoms with Crippen molar-refractivity contribution in [3.63, 3.8) is 0 Å². The Morgan fingerprint density at radius 1 is 1.35 bits per heavy atom. The van der Waals surface area contributed by atoms with Crippen LogP contribution in [-0.2, 0) is 19.7 Å². The van der Waals surface area contributed by atoms with Crippen LogP contribution in [-0.4, -0.2) is 44.6 Å². The molecule has 0 radical (unpaired) electrons. The van der Waals surface area contributed by atoms with Gasteiger partial charge in [0.2, 0.25) is 0 Å². The maximum absolute atomic E-state index is 12.7. The molecule has 0 aromatic heterocycles. The van der Waals surface area contributed by atoms with E-state index in [2.05, 4.69) is 5.32 Å². The number of carbonyl (C=O) groups excluding carboxylic acids is 1.